The van der Waals surface area contributed by atoms with E-state index in [1.807, 2.05) is 25.2 Å². The quantitative estimate of drug-likeness (QED) is 0.371. The zero-order valence-electron chi connectivity index (χ0n) is 16.9. The molecule has 0 heterocycles. The Hall–Kier alpha value is -1.21. The molecular weight excluding hydrogens is 362 g/mol. The van der Waals surface area contributed by atoms with Gasteiger partial charge in [0.05, 0.1) is 4.90 Å². The Labute approximate surface area is 160 Å². The second-order valence-corrected chi connectivity index (χ2v) is 14.5. The summed E-state index contributed by atoms with van der Waals surface area (Å²) in [5.74, 6) is 0. The highest BCUT2D eigenvalue weighted by Crippen LogP contribution is 2.36. The first-order valence-electron chi connectivity index (χ1n) is 8.98. The molecular formula is C20H33NO3SSi. The number of benzene rings is 1. The minimum Gasteiger partial charge on any atom is -0.417 e. The lowest BCUT2D eigenvalue weighted by molar-refractivity contribution is 0.294. The van der Waals surface area contributed by atoms with Gasteiger partial charge < -0.3 is 4.43 Å². The Morgan fingerprint density at radius 3 is 2.23 bits per heavy atom. The van der Waals surface area contributed by atoms with Crippen molar-refractivity contribution in [1.82, 2.24) is 4.72 Å². The zero-order chi connectivity index (χ0) is 19.8. The van der Waals surface area contributed by atoms with Gasteiger partial charge in [-0.2, -0.15) is 0 Å². The molecule has 0 aliphatic heterocycles. The smallest absolute Gasteiger partial charge is 0.240 e. The zero-order valence-corrected chi connectivity index (χ0v) is 18.7. The summed E-state index contributed by atoms with van der Waals surface area (Å²) >= 11 is 0. The van der Waals surface area contributed by atoms with Crippen molar-refractivity contribution in [2.24, 2.45) is 0 Å². The van der Waals surface area contributed by atoms with Gasteiger partial charge in [-0.05, 0) is 43.6 Å². The van der Waals surface area contributed by atoms with Gasteiger partial charge in [0, 0.05) is 13.2 Å². The molecule has 0 aliphatic carbocycles. The minimum absolute atomic E-state index is 0.227. The van der Waals surface area contributed by atoms with Gasteiger partial charge in [0.15, 0.2) is 8.32 Å². The normalized spacial score (nSPS) is 13.8. The van der Waals surface area contributed by atoms with Crippen molar-refractivity contribution in [2.45, 2.75) is 57.1 Å². The second kappa shape index (κ2) is 9.64. The van der Waals surface area contributed by atoms with Crippen LogP contribution in [0.4, 0.5) is 0 Å². The third-order valence-electron chi connectivity index (χ3n) is 4.66. The van der Waals surface area contributed by atoms with Crippen molar-refractivity contribution in [3.8, 4) is 0 Å². The van der Waals surface area contributed by atoms with E-state index in [1.165, 1.54) is 0 Å². The highest BCUT2D eigenvalue weighted by Gasteiger charge is 2.36. The molecule has 4 nitrogen and oxygen atoms in total. The average molecular weight is 396 g/mol. The number of sulfonamides is 1. The molecule has 26 heavy (non-hydrogen) atoms. The molecule has 0 bridgehead atoms. The summed E-state index contributed by atoms with van der Waals surface area (Å²) in [6.45, 7) is 14.1. The molecule has 0 spiro atoms. The van der Waals surface area contributed by atoms with Crippen LogP contribution in [0.5, 0.6) is 0 Å². The number of allylic oxidation sites excluding steroid dienone is 2. The lowest BCUT2D eigenvalue weighted by atomic mass is 10.2. The van der Waals surface area contributed by atoms with E-state index in [0.29, 0.717) is 0 Å². The Morgan fingerprint density at radius 1 is 1.08 bits per heavy atom. The minimum atomic E-state index is -3.45. The fraction of sp³-hybridized carbons (Fsp3) is 0.500. The van der Waals surface area contributed by atoms with Crippen molar-refractivity contribution < 1.29 is 12.8 Å². The molecule has 0 unspecified atom stereocenters. The number of hydrogen-bond acceptors (Lipinski definition) is 3. The summed E-state index contributed by atoms with van der Waals surface area (Å²) in [5, 5.41) is 0.227. The first-order valence-corrected chi connectivity index (χ1v) is 13.4. The maximum Gasteiger partial charge on any atom is 0.240 e. The summed E-state index contributed by atoms with van der Waals surface area (Å²) in [6, 6.07) is 6.81. The third kappa shape index (κ3) is 7.58. The van der Waals surface area contributed by atoms with Crippen molar-refractivity contribution in [3.63, 3.8) is 0 Å². The van der Waals surface area contributed by atoms with Gasteiger partial charge in [-0.15, -0.1) is 0 Å². The van der Waals surface area contributed by atoms with E-state index in [2.05, 4.69) is 38.6 Å². The van der Waals surface area contributed by atoms with Crippen LogP contribution in [0.25, 0.3) is 0 Å². The molecule has 0 amide bonds. The van der Waals surface area contributed by atoms with Crippen LogP contribution in [-0.4, -0.2) is 29.9 Å². The maximum absolute atomic E-state index is 12.1. The van der Waals surface area contributed by atoms with Crippen LogP contribution in [0.2, 0.25) is 18.1 Å². The third-order valence-corrected chi connectivity index (χ3v) is 10.6. The van der Waals surface area contributed by atoms with Gasteiger partial charge in [0.25, 0.3) is 0 Å². The first kappa shape index (κ1) is 22.8. The topological polar surface area (TPSA) is 55.4 Å². The van der Waals surface area contributed by atoms with Crippen molar-refractivity contribution in [1.29, 1.82) is 0 Å². The lowest BCUT2D eigenvalue weighted by Gasteiger charge is -2.36. The van der Waals surface area contributed by atoms with E-state index >= 15 is 0 Å². The Kier molecular flexibility index (Phi) is 8.47. The summed E-state index contributed by atoms with van der Waals surface area (Å²) in [4.78, 5) is 0.287. The van der Waals surface area contributed by atoms with E-state index in [4.69, 9.17) is 4.43 Å². The van der Waals surface area contributed by atoms with E-state index in [-0.39, 0.29) is 16.5 Å². The fourth-order valence-corrected chi connectivity index (χ4v) is 3.92. The molecule has 0 aliphatic rings. The standard InChI is InChI=1S/C20H33NO3SSi/c1-18-12-14-19(15-13-18)25(22,23)21-16-10-8-7-9-11-17-24-26(5,6)20(2,3)4/h7-10,12-15,21H,11,16-17H2,1-6H3/b9-7+,10-8+. The molecule has 1 rings (SSSR count). The Morgan fingerprint density at radius 2 is 1.65 bits per heavy atom. The van der Waals surface area contributed by atoms with Gasteiger partial charge >= 0.3 is 0 Å². The molecule has 0 radical (unpaired) electrons. The summed E-state index contributed by atoms with van der Waals surface area (Å²) < 4.78 is 32.9. The van der Waals surface area contributed by atoms with Crippen LogP contribution in [0, 0.1) is 6.92 Å². The van der Waals surface area contributed by atoms with Gasteiger partial charge in [0.2, 0.25) is 10.0 Å². The molecule has 0 saturated carbocycles. The average Bonchev–Trinajstić information content (AvgIpc) is 2.52. The molecule has 0 saturated heterocycles. The maximum atomic E-state index is 12.1. The van der Waals surface area contributed by atoms with Gasteiger partial charge in [-0.1, -0.05) is 62.8 Å². The molecule has 1 aromatic carbocycles. The van der Waals surface area contributed by atoms with Crippen LogP contribution in [0.15, 0.2) is 53.5 Å². The highest BCUT2D eigenvalue weighted by molar-refractivity contribution is 7.89. The number of aryl methyl sites for hydroxylation is 1. The Bertz CT molecular complexity index is 714. The molecule has 0 aromatic heterocycles. The molecule has 146 valence electrons. The van der Waals surface area contributed by atoms with Gasteiger partial charge in [0.1, 0.15) is 0 Å². The number of nitrogens with one attached hydrogen (secondary N) is 1. The van der Waals surface area contributed by atoms with Crippen LogP contribution in [0.3, 0.4) is 0 Å². The summed E-state index contributed by atoms with van der Waals surface area (Å²) in [6.07, 6.45) is 8.46. The number of rotatable bonds is 9. The first-order chi connectivity index (χ1) is 12.0. The molecule has 1 aromatic rings. The summed E-state index contributed by atoms with van der Waals surface area (Å²) in [5.41, 5.74) is 1.03. The van der Waals surface area contributed by atoms with Gasteiger partial charge in [-0.25, -0.2) is 13.1 Å². The van der Waals surface area contributed by atoms with Crippen LogP contribution < -0.4 is 4.72 Å². The highest BCUT2D eigenvalue weighted by atomic mass is 32.2. The molecule has 0 fully saturated rings. The molecule has 6 heteroatoms. The van der Waals surface area contributed by atoms with E-state index in [9.17, 15) is 8.42 Å². The van der Waals surface area contributed by atoms with E-state index in [0.717, 1.165) is 18.6 Å². The fourth-order valence-electron chi connectivity index (χ4n) is 1.88. The van der Waals surface area contributed by atoms with Crippen molar-refractivity contribution >= 4 is 18.3 Å². The number of hydrogen-bond donors (Lipinski definition) is 1. The van der Waals surface area contributed by atoms with E-state index < -0.39 is 18.3 Å². The van der Waals surface area contributed by atoms with Gasteiger partial charge in [-0.3, -0.25) is 0 Å². The monoisotopic (exact) mass is 395 g/mol. The van der Waals surface area contributed by atoms with Crippen molar-refractivity contribution in [3.05, 3.63) is 54.1 Å². The molecule has 1 N–H and O–H groups in total. The predicted molar refractivity (Wildman–Crippen MR) is 112 cm³/mol. The van der Waals surface area contributed by atoms with E-state index in [1.54, 1.807) is 30.3 Å². The summed E-state index contributed by atoms with van der Waals surface area (Å²) in [7, 11) is -5.12. The predicted octanol–water partition coefficient (Wildman–Crippen LogP) is 4.80. The van der Waals surface area contributed by atoms with Crippen molar-refractivity contribution in [2.75, 3.05) is 13.2 Å². The molecule has 0 atom stereocenters. The van der Waals surface area contributed by atoms with Crippen LogP contribution in [0.1, 0.15) is 32.8 Å². The van der Waals surface area contributed by atoms with Crippen LogP contribution in [-0.2, 0) is 14.4 Å². The lowest BCUT2D eigenvalue weighted by Crippen LogP contribution is -2.40. The second-order valence-electron chi connectivity index (χ2n) is 7.92. The Balaban J connectivity index is 2.33. The largest absolute Gasteiger partial charge is 0.417 e. The SMILES string of the molecule is Cc1ccc(S(=O)(=O)NC/C=C/C=C/CCO[Si](C)(C)C(C)(C)C)cc1. The van der Waals surface area contributed by atoms with Crippen LogP contribution >= 0.6 is 0 Å².